The molecule has 0 unspecified atom stereocenters. The highest BCUT2D eigenvalue weighted by Gasteiger charge is 2.17. The van der Waals surface area contributed by atoms with Crippen LogP contribution in [0.2, 0.25) is 5.02 Å². The first-order valence-electron chi connectivity index (χ1n) is 5.84. The number of hydrogen-bond donors (Lipinski definition) is 2. The zero-order valence-corrected chi connectivity index (χ0v) is 12.5. The fraction of sp³-hybridized carbons (Fsp3) is 0.273. The van der Waals surface area contributed by atoms with E-state index in [1.54, 1.807) is 19.3 Å². The van der Waals surface area contributed by atoms with E-state index in [1.165, 1.54) is 16.9 Å². The van der Waals surface area contributed by atoms with Crippen molar-refractivity contribution in [1.82, 2.24) is 14.8 Å². The Bertz CT molecular complexity index is 713. The van der Waals surface area contributed by atoms with Gasteiger partial charge in [-0.25, -0.2) is 13.4 Å². The number of anilines is 2. The molecule has 0 radical (unpaired) electrons. The van der Waals surface area contributed by atoms with E-state index < -0.39 is 10.0 Å². The lowest BCUT2D eigenvalue weighted by Crippen LogP contribution is -2.14. The number of aryl methyl sites for hydroxylation is 1. The van der Waals surface area contributed by atoms with Gasteiger partial charge in [-0.2, -0.15) is 5.10 Å². The maximum atomic E-state index is 12.2. The maximum absolute atomic E-state index is 12.2. The van der Waals surface area contributed by atoms with Crippen LogP contribution in [-0.2, 0) is 17.1 Å². The summed E-state index contributed by atoms with van der Waals surface area (Å²) >= 11 is 5.98. The van der Waals surface area contributed by atoms with Gasteiger partial charge >= 0.3 is 0 Å². The van der Waals surface area contributed by atoms with E-state index >= 15 is 0 Å². The summed E-state index contributed by atoms with van der Waals surface area (Å²) in [4.78, 5) is 3.97. The van der Waals surface area contributed by atoms with Gasteiger partial charge in [0.1, 0.15) is 10.7 Å². The highest BCUT2D eigenvalue weighted by molar-refractivity contribution is 7.92. The van der Waals surface area contributed by atoms with Crippen LogP contribution in [0.25, 0.3) is 0 Å². The molecule has 0 fully saturated rings. The summed E-state index contributed by atoms with van der Waals surface area (Å²) in [6.07, 6.45) is 2.88. The molecule has 2 heterocycles. The van der Waals surface area contributed by atoms with Gasteiger partial charge < -0.3 is 5.32 Å². The van der Waals surface area contributed by atoms with Crippen LogP contribution in [0.4, 0.5) is 11.6 Å². The average molecular weight is 316 g/mol. The molecule has 2 rings (SSSR count). The van der Waals surface area contributed by atoms with Crippen LogP contribution in [0.15, 0.2) is 29.4 Å². The van der Waals surface area contributed by atoms with E-state index in [4.69, 9.17) is 11.6 Å². The predicted octanol–water partition coefficient (Wildman–Crippen LogP) is 1.70. The molecule has 2 aromatic heterocycles. The molecule has 0 aliphatic rings. The second-order valence-electron chi connectivity index (χ2n) is 4.01. The fourth-order valence-corrected chi connectivity index (χ4v) is 2.80. The lowest BCUT2D eigenvalue weighted by Gasteiger charge is -2.08. The van der Waals surface area contributed by atoms with Crippen molar-refractivity contribution in [2.45, 2.75) is 11.8 Å². The lowest BCUT2D eigenvalue weighted by molar-refractivity contribution is 0.600. The Morgan fingerprint density at radius 1 is 1.45 bits per heavy atom. The zero-order valence-electron chi connectivity index (χ0n) is 11.0. The molecule has 0 saturated heterocycles. The molecule has 0 aliphatic carbocycles. The summed E-state index contributed by atoms with van der Waals surface area (Å²) in [6.45, 7) is 2.54. The number of hydrogen-bond acceptors (Lipinski definition) is 5. The molecule has 0 spiro atoms. The Balaban J connectivity index is 2.27. The van der Waals surface area contributed by atoms with Crippen molar-refractivity contribution in [1.29, 1.82) is 0 Å². The summed E-state index contributed by atoms with van der Waals surface area (Å²) in [5.41, 5.74) is 0. The lowest BCUT2D eigenvalue weighted by atomic mass is 10.4. The van der Waals surface area contributed by atoms with Gasteiger partial charge in [-0.1, -0.05) is 11.6 Å². The number of sulfonamides is 1. The van der Waals surface area contributed by atoms with Gasteiger partial charge in [0.2, 0.25) is 0 Å². The number of aromatic nitrogens is 3. The van der Waals surface area contributed by atoms with Crippen LogP contribution < -0.4 is 10.0 Å². The second-order valence-corrected chi connectivity index (χ2v) is 6.10. The molecular formula is C11H14ClN5O2S. The van der Waals surface area contributed by atoms with Crippen LogP contribution in [-0.4, -0.2) is 29.7 Å². The fourth-order valence-electron chi connectivity index (χ4n) is 1.53. The molecule has 20 heavy (non-hydrogen) atoms. The Hall–Kier alpha value is -1.80. The van der Waals surface area contributed by atoms with E-state index in [0.717, 1.165) is 0 Å². The second kappa shape index (κ2) is 5.68. The third-order valence-corrected chi connectivity index (χ3v) is 4.03. The Kier molecular flexibility index (Phi) is 4.15. The summed E-state index contributed by atoms with van der Waals surface area (Å²) in [6, 6.07) is 2.90. The zero-order chi connectivity index (χ0) is 14.8. The highest BCUT2D eigenvalue weighted by Crippen LogP contribution is 2.23. The van der Waals surface area contributed by atoms with Crippen molar-refractivity contribution in [3.63, 3.8) is 0 Å². The largest absolute Gasteiger partial charge is 0.369 e. The number of rotatable bonds is 5. The Morgan fingerprint density at radius 2 is 2.20 bits per heavy atom. The van der Waals surface area contributed by atoms with Gasteiger partial charge in [0, 0.05) is 32.1 Å². The third kappa shape index (κ3) is 3.20. The number of pyridine rings is 1. The standard InChI is InChI=1S/C11H14ClN5O2S/c1-3-13-11-9(12)6-8(7-14-11)20(18,19)16-10-4-5-17(2)15-10/h4-7H,3H2,1-2H3,(H,13,14)(H,15,16). The molecule has 0 atom stereocenters. The SMILES string of the molecule is CCNc1ncc(S(=O)(=O)Nc2ccn(C)n2)cc1Cl. The van der Waals surface area contributed by atoms with Crippen molar-refractivity contribution < 1.29 is 8.42 Å². The van der Waals surface area contributed by atoms with Gasteiger partial charge in [0.15, 0.2) is 5.82 Å². The Morgan fingerprint density at radius 3 is 2.75 bits per heavy atom. The van der Waals surface area contributed by atoms with Crippen molar-refractivity contribution in [3.05, 3.63) is 29.5 Å². The number of nitrogens with zero attached hydrogens (tertiary/aromatic N) is 3. The normalized spacial score (nSPS) is 11.3. The molecule has 2 aromatic rings. The van der Waals surface area contributed by atoms with Crippen LogP contribution in [0.3, 0.4) is 0 Å². The van der Waals surface area contributed by atoms with Gasteiger partial charge in [-0.05, 0) is 13.0 Å². The van der Waals surface area contributed by atoms with Crippen LogP contribution in [0.1, 0.15) is 6.92 Å². The first-order chi connectivity index (χ1) is 9.42. The molecule has 108 valence electrons. The van der Waals surface area contributed by atoms with Crippen LogP contribution in [0.5, 0.6) is 0 Å². The van der Waals surface area contributed by atoms with Crippen LogP contribution in [0, 0.1) is 0 Å². The van der Waals surface area contributed by atoms with Gasteiger partial charge in [-0.3, -0.25) is 9.40 Å². The minimum absolute atomic E-state index is 0.0187. The quantitative estimate of drug-likeness (QED) is 0.876. The molecule has 0 saturated carbocycles. The third-order valence-electron chi connectivity index (χ3n) is 2.42. The van der Waals surface area contributed by atoms with Gasteiger partial charge in [0.05, 0.1) is 5.02 Å². The minimum atomic E-state index is -3.75. The Labute approximate surface area is 122 Å². The van der Waals surface area contributed by atoms with Gasteiger partial charge in [0.25, 0.3) is 10.0 Å². The smallest absolute Gasteiger partial charge is 0.264 e. The van der Waals surface area contributed by atoms with Crippen molar-refractivity contribution in [2.75, 3.05) is 16.6 Å². The highest BCUT2D eigenvalue weighted by atomic mass is 35.5. The first kappa shape index (κ1) is 14.6. The monoisotopic (exact) mass is 315 g/mol. The van der Waals surface area contributed by atoms with E-state index in [1.807, 2.05) is 6.92 Å². The van der Waals surface area contributed by atoms with E-state index in [2.05, 4.69) is 20.1 Å². The number of halogens is 1. The van der Waals surface area contributed by atoms with Crippen LogP contribution >= 0.6 is 11.6 Å². The molecule has 0 aliphatic heterocycles. The van der Waals surface area contributed by atoms with Crippen molar-refractivity contribution in [3.8, 4) is 0 Å². The summed E-state index contributed by atoms with van der Waals surface area (Å²) in [5.74, 6) is 0.685. The van der Waals surface area contributed by atoms with Crippen molar-refractivity contribution >= 4 is 33.3 Å². The minimum Gasteiger partial charge on any atom is -0.369 e. The van der Waals surface area contributed by atoms with E-state index in [9.17, 15) is 8.42 Å². The van der Waals surface area contributed by atoms with E-state index in [0.29, 0.717) is 12.4 Å². The molecule has 0 amide bonds. The average Bonchev–Trinajstić information content (AvgIpc) is 2.76. The summed E-state index contributed by atoms with van der Waals surface area (Å²) in [5, 5.41) is 7.13. The molecule has 0 bridgehead atoms. The summed E-state index contributed by atoms with van der Waals surface area (Å²) in [7, 11) is -2.06. The summed E-state index contributed by atoms with van der Waals surface area (Å²) < 4.78 is 28.2. The first-order valence-corrected chi connectivity index (χ1v) is 7.70. The van der Waals surface area contributed by atoms with Gasteiger partial charge in [-0.15, -0.1) is 0 Å². The van der Waals surface area contributed by atoms with Crippen molar-refractivity contribution in [2.24, 2.45) is 7.05 Å². The molecule has 7 nitrogen and oxygen atoms in total. The maximum Gasteiger partial charge on any atom is 0.264 e. The topological polar surface area (TPSA) is 88.9 Å². The molecular weight excluding hydrogens is 302 g/mol. The van der Waals surface area contributed by atoms with E-state index in [-0.39, 0.29) is 15.7 Å². The molecule has 2 N–H and O–H groups in total. The molecule has 0 aromatic carbocycles. The molecule has 9 heteroatoms. The predicted molar refractivity (Wildman–Crippen MR) is 77.4 cm³/mol. The number of nitrogens with one attached hydrogen (secondary N) is 2.